The first kappa shape index (κ1) is 16.8. The van der Waals surface area contributed by atoms with E-state index in [4.69, 9.17) is 0 Å². The Morgan fingerprint density at radius 1 is 1.16 bits per heavy atom. The molecule has 1 aromatic heterocycles. The summed E-state index contributed by atoms with van der Waals surface area (Å²) in [5.74, 6) is 0. The Bertz CT molecular complexity index is 717. The smallest absolute Gasteiger partial charge is 0.0682 e. The van der Waals surface area contributed by atoms with E-state index in [2.05, 4.69) is 51.4 Å². The third kappa shape index (κ3) is 3.64. The summed E-state index contributed by atoms with van der Waals surface area (Å²) in [6, 6.07) is 9.68. The molecule has 2 fully saturated rings. The molecule has 1 aromatic carbocycles. The molecule has 1 N–H and O–H groups in total. The predicted octanol–water partition coefficient (Wildman–Crippen LogP) is 1.88. The number of nitrogens with zero attached hydrogens (tertiary/aromatic N) is 4. The highest BCUT2D eigenvalue weighted by Gasteiger charge is 2.28. The minimum Gasteiger partial charge on any atom is -0.314 e. The van der Waals surface area contributed by atoms with E-state index in [1.54, 1.807) is 0 Å². The molecule has 0 amide bonds. The number of hydrogen-bond donors (Lipinski definition) is 1. The topological polar surface area (TPSA) is 36.3 Å². The van der Waals surface area contributed by atoms with Crippen LogP contribution in [0.1, 0.15) is 17.5 Å². The molecule has 2 aliphatic rings. The second-order valence-corrected chi connectivity index (χ2v) is 7.46. The molecule has 3 heterocycles. The van der Waals surface area contributed by atoms with Crippen LogP contribution in [0.4, 0.5) is 0 Å². The van der Waals surface area contributed by atoms with E-state index in [1.165, 1.54) is 55.0 Å². The van der Waals surface area contributed by atoms with Crippen LogP contribution in [0, 0.1) is 6.92 Å². The summed E-state index contributed by atoms with van der Waals surface area (Å²) >= 11 is 0. The molecule has 0 aliphatic carbocycles. The maximum absolute atomic E-state index is 4.36. The third-order valence-corrected chi connectivity index (χ3v) is 5.67. The fraction of sp³-hybridized carbons (Fsp3) is 0.550. The lowest BCUT2D eigenvalue weighted by molar-refractivity contribution is 0.170. The Morgan fingerprint density at radius 3 is 2.76 bits per heavy atom. The molecule has 4 rings (SSSR count). The van der Waals surface area contributed by atoms with Crippen molar-refractivity contribution in [3.8, 4) is 11.3 Å². The maximum atomic E-state index is 4.36. The van der Waals surface area contributed by atoms with Crippen molar-refractivity contribution in [3.05, 3.63) is 41.6 Å². The summed E-state index contributed by atoms with van der Waals surface area (Å²) in [7, 11) is 2.03. The Hall–Kier alpha value is -1.69. The average Bonchev–Trinajstić information content (AvgIpc) is 3.26. The van der Waals surface area contributed by atoms with E-state index in [1.807, 2.05) is 17.9 Å². The SMILES string of the molecule is Cc1ccc(CN2CCC(N3CCNCC3)C2)c(-c2ccnn2C)c1. The number of piperazine rings is 1. The molecule has 5 nitrogen and oxygen atoms in total. The first-order chi connectivity index (χ1) is 12.2. The molecular weight excluding hydrogens is 310 g/mol. The van der Waals surface area contributed by atoms with E-state index in [-0.39, 0.29) is 0 Å². The molecule has 134 valence electrons. The number of likely N-dealkylation sites (tertiary alicyclic amines) is 1. The lowest BCUT2D eigenvalue weighted by Crippen LogP contribution is -2.49. The Morgan fingerprint density at radius 2 is 2.00 bits per heavy atom. The van der Waals surface area contributed by atoms with Crippen molar-refractivity contribution in [3.63, 3.8) is 0 Å². The Labute approximate surface area is 150 Å². The number of aromatic nitrogens is 2. The molecule has 5 heteroatoms. The van der Waals surface area contributed by atoms with Gasteiger partial charge in [-0.2, -0.15) is 5.10 Å². The van der Waals surface area contributed by atoms with Crippen LogP contribution in [0.25, 0.3) is 11.3 Å². The van der Waals surface area contributed by atoms with Crippen LogP contribution >= 0.6 is 0 Å². The van der Waals surface area contributed by atoms with Crippen LogP contribution in [0.2, 0.25) is 0 Å². The zero-order valence-electron chi connectivity index (χ0n) is 15.4. The minimum atomic E-state index is 0.729. The fourth-order valence-corrected chi connectivity index (χ4v) is 4.25. The molecule has 0 radical (unpaired) electrons. The quantitative estimate of drug-likeness (QED) is 0.923. The van der Waals surface area contributed by atoms with Gasteiger partial charge in [-0.1, -0.05) is 17.7 Å². The summed E-state index contributed by atoms with van der Waals surface area (Å²) < 4.78 is 1.98. The largest absolute Gasteiger partial charge is 0.314 e. The number of benzene rings is 1. The highest BCUT2D eigenvalue weighted by Crippen LogP contribution is 2.27. The highest BCUT2D eigenvalue weighted by molar-refractivity contribution is 5.64. The lowest BCUT2D eigenvalue weighted by Gasteiger charge is -2.32. The Balaban J connectivity index is 1.49. The lowest BCUT2D eigenvalue weighted by atomic mass is 10.0. The van der Waals surface area contributed by atoms with Gasteiger partial charge in [0.1, 0.15) is 0 Å². The second-order valence-electron chi connectivity index (χ2n) is 7.46. The van der Waals surface area contributed by atoms with Crippen LogP contribution in [0.15, 0.2) is 30.5 Å². The number of hydrogen-bond acceptors (Lipinski definition) is 4. The van der Waals surface area contributed by atoms with Gasteiger partial charge in [-0.05, 0) is 31.0 Å². The third-order valence-electron chi connectivity index (χ3n) is 5.67. The molecule has 0 bridgehead atoms. The summed E-state index contributed by atoms with van der Waals surface area (Å²) in [5.41, 5.74) is 5.25. The monoisotopic (exact) mass is 339 g/mol. The van der Waals surface area contributed by atoms with Gasteiger partial charge in [-0.15, -0.1) is 0 Å². The molecule has 2 aromatic rings. The molecule has 25 heavy (non-hydrogen) atoms. The van der Waals surface area contributed by atoms with Crippen molar-refractivity contribution in [2.24, 2.45) is 7.05 Å². The molecule has 1 atom stereocenters. The van der Waals surface area contributed by atoms with Gasteiger partial charge in [-0.25, -0.2) is 0 Å². The van der Waals surface area contributed by atoms with Crippen molar-refractivity contribution >= 4 is 0 Å². The number of nitrogens with one attached hydrogen (secondary N) is 1. The number of rotatable bonds is 4. The molecule has 2 aliphatic heterocycles. The molecule has 2 saturated heterocycles. The highest BCUT2D eigenvalue weighted by atomic mass is 15.3. The number of aryl methyl sites for hydroxylation is 2. The fourth-order valence-electron chi connectivity index (χ4n) is 4.25. The zero-order chi connectivity index (χ0) is 17.2. The van der Waals surface area contributed by atoms with Gasteiger partial charge < -0.3 is 5.32 Å². The van der Waals surface area contributed by atoms with Crippen LogP contribution in [-0.4, -0.2) is 64.9 Å². The van der Waals surface area contributed by atoms with Crippen molar-refractivity contribution in [2.45, 2.75) is 25.9 Å². The minimum absolute atomic E-state index is 0.729. The van der Waals surface area contributed by atoms with Crippen molar-refractivity contribution < 1.29 is 0 Å². The van der Waals surface area contributed by atoms with E-state index < -0.39 is 0 Å². The van der Waals surface area contributed by atoms with Crippen LogP contribution in [-0.2, 0) is 13.6 Å². The molecule has 1 unspecified atom stereocenters. The normalized spacial score (nSPS) is 22.6. The molecule has 0 spiro atoms. The summed E-state index contributed by atoms with van der Waals surface area (Å²) in [4.78, 5) is 5.30. The van der Waals surface area contributed by atoms with Gasteiger partial charge in [0.05, 0.1) is 5.69 Å². The van der Waals surface area contributed by atoms with E-state index in [0.717, 1.165) is 25.7 Å². The van der Waals surface area contributed by atoms with Crippen LogP contribution in [0.5, 0.6) is 0 Å². The maximum Gasteiger partial charge on any atom is 0.0682 e. The van der Waals surface area contributed by atoms with Gasteiger partial charge in [0.2, 0.25) is 0 Å². The van der Waals surface area contributed by atoms with Gasteiger partial charge in [0, 0.05) is 70.7 Å². The van der Waals surface area contributed by atoms with Gasteiger partial charge in [0.25, 0.3) is 0 Å². The summed E-state index contributed by atoms with van der Waals surface area (Å²) in [6.45, 7) is 10.3. The van der Waals surface area contributed by atoms with Crippen molar-refractivity contribution in [1.82, 2.24) is 24.9 Å². The molecular formula is C20H29N5. The van der Waals surface area contributed by atoms with Crippen LogP contribution in [0.3, 0.4) is 0 Å². The zero-order valence-corrected chi connectivity index (χ0v) is 15.4. The average molecular weight is 339 g/mol. The summed E-state index contributed by atoms with van der Waals surface area (Å²) in [5, 5.41) is 7.82. The van der Waals surface area contributed by atoms with E-state index >= 15 is 0 Å². The second kappa shape index (κ2) is 7.28. The van der Waals surface area contributed by atoms with Crippen molar-refractivity contribution in [1.29, 1.82) is 0 Å². The first-order valence-corrected chi connectivity index (χ1v) is 9.46. The van der Waals surface area contributed by atoms with Gasteiger partial charge in [-0.3, -0.25) is 14.5 Å². The standard InChI is InChI=1S/C20H29N5/c1-16-3-4-17(19(13-16)20-5-7-22-23(20)2)14-24-10-6-18(15-24)25-11-8-21-9-12-25/h3-5,7,13,18,21H,6,8-12,14-15H2,1-2H3. The predicted molar refractivity (Wildman–Crippen MR) is 102 cm³/mol. The molecule has 0 saturated carbocycles. The van der Waals surface area contributed by atoms with E-state index in [9.17, 15) is 0 Å². The van der Waals surface area contributed by atoms with Gasteiger partial charge >= 0.3 is 0 Å². The Kier molecular flexibility index (Phi) is 4.88. The van der Waals surface area contributed by atoms with Crippen molar-refractivity contribution in [2.75, 3.05) is 39.3 Å². The van der Waals surface area contributed by atoms with E-state index in [0.29, 0.717) is 0 Å². The van der Waals surface area contributed by atoms with Crippen LogP contribution < -0.4 is 5.32 Å². The first-order valence-electron chi connectivity index (χ1n) is 9.46. The summed E-state index contributed by atoms with van der Waals surface area (Å²) in [6.07, 6.45) is 3.19. The van der Waals surface area contributed by atoms with Gasteiger partial charge in [0.15, 0.2) is 0 Å².